The third-order valence-corrected chi connectivity index (χ3v) is 0.984. The second kappa shape index (κ2) is 6.39. The van der Waals surface area contributed by atoms with Crippen LogP contribution >= 0.6 is 0 Å². The van der Waals surface area contributed by atoms with Gasteiger partial charge in [0.15, 0.2) is 0 Å². The Morgan fingerprint density at radius 1 is 0.692 bits per heavy atom. The molecule has 0 aliphatic heterocycles. The molecule has 0 spiro atoms. The van der Waals surface area contributed by atoms with Gasteiger partial charge in [-0.25, -0.2) is 0 Å². The summed E-state index contributed by atoms with van der Waals surface area (Å²) in [7, 11) is 0. The van der Waals surface area contributed by atoms with Gasteiger partial charge in [-0.3, -0.25) is 0 Å². The van der Waals surface area contributed by atoms with Crippen LogP contribution < -0.4 is 0 Å². The predicted octanol–water partition coefficient (Wildman–Crippen LogP) is 3.85. The molecule has 0 aromatic carbocycles. The summed E-state index contributed by atoms with van der Waals surface area (Å²) in [5.41, 5.74) is -0.212. The molecule has 13 heavy (non-hydrogen) atoms. The maximum atomic E-state index is 5.38. The molecule has 0 aliphatic carbocycles. The summed E-state index contributed by atoms with van der Waals surface area (Å²) in [5, 5.41) is 0. The Balaban J connectivity index is -0.000000500. The smallest absolute Gasteiger partial charge is 0.148 e. The van der Waals surface area contributed by atoms with E-state index in [-0.39, 0.29) is 26.1 Å². The van der Waals surface area contributed by atoms with Crippen molar-refractivity contribution in [2.24, 2.45) is 0 Å². The molecule has 0 N–H and O–H groups in total. The van der Waals surface area contributed by atoms with Crippen LogP contribution in [0.5, 0.6) is 0 Å². The summed E-state index contributed by atoms with van der Waals surface area (Å²) in [6.45, 7) is 12.4. The summed E-state index contributed by atoms with van der Waals surface area (Å²) in [5.74, 6) is 0. The van der Waals surface area contributed by atoms with E-state index in [0.717, 1.165) is 0 Å². The van der Waals surface area contributed by atoms with E-state index < -0.39 is 0 Å². The standard InChI is InChI=1S/C9H20O2.2CH4/c1-8(2,3)10-7-11-9(4,5)6;;/h7H2,1-6H3;2*1H4. The molecular weight excluding hydrogens is 164 g/mol. The van der Waals surface area contributed by atoms with Crippen molar-refractivity contribution in [2.75, 3.05) is 6.79 Å². The minimum Gasteiger partial charge on any atom is -0.350 e. The van der Waals surface area contributed by atoms with Gasteiger partial charge in [-0.1, -0.05) is 14.9 Å². The maximum absolute atomic E-state index is 5.38. The van der Waals surface area contributed by atoms with E-state index in [4.69, 9.17) is 9.47 Å². The highest BCUT2D eigenvalue weighted by Crippen LogP contribution is 2.11. The van der Waals surface area contributed by atoms with Gasteiger partial charge in [0.25, 0.3) is 0 Å². The van der Waals surface area contributed by atoms with Crippen LogP contribution in [-0.2, 0) is 9.47 Å². The van der Waals surface area contributed by atoms with Gasteiger partial charge in [0.2, 0.25) is 0 Å². The lowest BCUT2D eigenvalue weighted by molar-refractivity contribution is -0.163. The second-order valence-electron chi connectivity index (χ2n) is 4.63. The van der Waals surface area contributed by atoms with Crippen LogP contribution in [0.4, 0.5) is 0 Å². The second-order valence-corrected chi connectivity index (χ2v) is 4.63. The molecule has 0 aromatic heterocycles. The fourth-order valence-corrected chi connectivity index (χ4v) is 0.383. The average Bonchev–Trinajstić information content (AvgIpc) is 1.55. The fourth-order valence-electron chi connectivity index (χ4n) is 0.383. The third-order valence-electron chi connectivity index (χ3n) is 0.984. The quantitative estimate of drug-likeness (QED) is 0.619. The lowest BCUT2D eigenvalue weighted by Crippen LogP contribution is -2.26. The molecule has 0 atom stereocenters. The summed E-state index contributed by atoms with van der Waals surface area (Å²) in [6, 6.07) is 0. The lowest BCUT2D eigenvalue weighted by atomic mass is 10.2. The first-order valence-electron chi connectivity index (χ1n) is 3.99. The molecule has 0 fully saturated rings. The largest absolute Gasteiger partial charge is 0.350 e. The molecule has 0 saturated carbocycles. The number of hydrogen-bond donors (Lipinski definition) is 0. The minimum atomic E-state index is -0.106. The van der Waals surface area contributed by atoms with Gasteiger partial charge >= 0.3 is 0 Å². The molecule has 0 aliphatic rings. The van der Waals surface area contributed by atoms with Gasteiger partial charge in [-0.2, -0.15) is 0 Å². The molecular formula is C11H28O2. The molecule has 2 nitrogen and oxygen atoms in total. The zero-order chi connectivity index (χ0) is 9.12. The summed E-state index contributed by atoms with van der Waals surface area (Å²) in [4.78, 5) is 0. The van der Waals surface area contributed by atoms with Crippen LogP contribution in [0.1, 0.15) is 56.4 Å². The van der Waals surface area contributed by atoms with Crippen LogP contribution in [0.25, 0.3) is 0 Å². The highest BCUT2D eigenvalue weighted by molar-refractivity contribution is 4.59. The maximum Gasteiger partial charge on any atom is 0.148 e. The van der Waals surface area contributed by atoms with Crippen LogP contribution in [0.3, 0.4) is 0 Å². The molecule has 0 unspecified atom stereocenters. The summed E-state index contributed by atoms with van der Waals surface area (Å²) < 4.78 is 10.8. The molecule has 0 amide bonds. The van der Waals surface area contributed by atoms with Crippen LogP contribution in [-0.4, -0.2) is 18.0 Å². The van der Waals surface area contributed by atoms with E-state index in [1.165, 1.54) is 0 Å². The first kappa shape index (κ1) is 18.7. The number of hydrogen-bond acceptors (Lipinski definition) is 2. The molecule has 0 aromatic rings. The molecule has 2 heteroatoms. The van der Waals surface area contributed by atoms with Crippen molar-refractivity contribution in [2.45, 2.75) is 67.6 Å². The van der Waals surface area contributed by atoms with E-state index in [9.17, 15) is 0 Å². The summed E-state index contributed by atoms with van der Waals surface area (Å²) in [6.07, 6.45) is 0. The number of rotatable bonds is 2. The van der Waals surface area contributed by atoms with Crippen LogP contribution in [0, 0.1) is 0 Å². The average molecular weight is 192 g/mol. The van der Waals surface area contributed by atoms with Gasteiger partial charge in [-0.05, 0) is 41.5 Å². The van der Waals surface area contributed by atoms with Crippen LogP contribution in [0.15, 0.2) is 0 Å². The van der Waals surface area contributed by atoms with E-state index in [1.54, 1.807) is 0 Å². The Morgan fingerprint density at radius 2 is 0.923 bits per heavy atom. The van der Waals surface area contributed by atoms with Crippen LogP contribution in [0.2, 0.25) is 0 Å². The zero-order valence-corrected chi connectivity index (χ0v) is 8.52. The Hall–Kier alpha value is -0.0800. The SMILES string of the molecule is C.C.CC(C)(C)OCOC(C)(C)C. The van der Waals surface area contributed by atoms with Gasteiger partial charge in [-0.15, -0.1) is 0 Å². The monoisotopic (exact) mass is 192 g/mol. The highest BCUT2D eigenvalue weighted by atomic mass is 16.7. The van der Waals surface area contributed by atoms with Gasteiger partial charge in [0, 0.05) is 0 Å². The van der Waals surface area contributed by atoms with Gasteiger partial charge in [0.05, 0.1) is 11.2 Å². The Kier molecular flexibility index (Phi) is 9.16. The van der Waals surface area contributed by atoms with Crippen molar-refractivity contribution < 1.29 is 9.47 Å². The first-order chi connectivity index (χ1) is 4.71. The van der Waals surface area contributed by atoms with Crippen molar-refractivity contribution in [1.82, 2.24) is 0 Å². The van der Waals surface area contributed by atoms with Crippen molar-refractivity contribution >= 4 is 0 Å². The fraction of sp³-hybridized carbons (Fsp3) is 1.00. The predicted molar refractivity (Wildman–Crippen MR) is 60.0 cm³/mol. The topological polar surface area (TPSA) is 18.5 Å². The van der Waals surface area contributed by atoms with E-state index in [0.29, 0.717) is 6.79 Å². The molecule has 0 bridgehead atoms. The number of ether oxygens (including phenoxy) is 2. The van der Waals surface area contributed by atoms with Crippen molar-refractivity contribution in [1.29, 1.82) is 0 Å². The third kappa shape index (κ3) is 18.7. The molecule has 0 heterocycles. The van der Waals surface area contributed by atoms with E-state index in [2.05, 4.69) is 0 Å². The van der Waals surface area contributed by atoms with Crippen molar-refractivity contribution in [3.8, 4) is 0 Å². The molecule has 0 saturated heterocycles. The molecule has 84 valence electrons. The van der Waals surface area contributed by atoms with Gasteiger partial charge in [0.1, 0.15) is 6.79 Å². The van der Waals surface area contributed by atoms with E-state index in [1.807, 2.05) is 41.5 Å². The first-order valence-corrected chi connectivity index (χ1v) is 3.99. The molecule has 0 rings (SSSR count). The Morgan fingerprint density at radius 3 is 1.08 bits per heavy atom. The normalized spacial score (nSPS) is 11.5. The van der Waals surface area contributed by atoms with Crippen molar-refractivity contribution in [3.63, 3.8) is 0 Å². The van der Waals surface area contributed by atoms with E-state index >= 15 is 0 Å². The molecule has 0 radical (unpaired) electrons. The summed E-state index contributed by atoms with van der Waals surface area (Å²) >= 11 is 0. The van der Waals surface area contributed by atoms with Crippen molar-refractivity contribution in [3.05, 3.63) is 0 Å². The van der Waals surface area contributed by atoms with Gasteiger partial charge < -0.3 is 9.47 Å². The Bertz CT molecular complexity index is 92.2. The highest BCUT2D eigenvalue weighted by Gasteiger charge is 2.14. The Labute approximate surface area is 84.6 Å². The minimum absolute atomic E-state index is 0. The zero-order valence-electron chi connectivity index (χ0n) is 8.52. The lowest BCUT2D eigenvalue weighted by Gasteiger charge is -2.24.